The van der Waals surface area contributed by atoms with Crippen molar-refractivity contribution in [2.24, 2.45) is 12.8 Å². The predicted octanol–water partition coefficient (Wildman–Crippen LogP) is 1.49. The van der Waals surface area contributed by atoms with E-state index in [0.717, 1.165) is 6.54 Å². The number of piperidine rings is 1. The summed E-state index contributed by atoms with van der Waals surface area (Å²) in [6.07, 6.45) is 5.01. The Kier molecular flexibility index (Phi) is 2.94. The second-order valence-corrected chi connectivity index (χ2v) is 6.06. The number of fused-ring (bicyclic) bond motifs is 2. The van der Waals surface area contributed by atoms with Crippen LogP contribution in [-0.2, 0) is 13.6 Å². The van der Waals surface area contributed by atoms with E-state index in [0.29, 0.717) is 18.1 Å². The molecule has 1 aromatic rings. The van der Waals surface area contributed by atoms with E-state index >= 15 is 0 Å². The van der Waals surface area contributed by atoms with E-state index in [1.807, 2.05) is 11.7 Å². The molecule has 0 saturated carbocycles. The van der Waals surface area contributed by atoms with Crippen LogP contribution in [0.5, 0.6) is 0 Å². The number of hydrogen-bond acceptors (Lipinski definition) is 3. The van der Waals surface area contributed by atoms with Crippen LogP contribution in [0, 0.1) is 13.8 Å². The molecule has 2 aliphatic rings. The summed E-state index contributed by atoms with van der Waals surface area (Å²) >= 11 is 0. The zero-order valence-electron chi connectivity index (χ0n) is 11.7. The fraction of sp³-hybridized carbons (Fsp3) is 0.786. The molecule has 2 aliphatic heterocycles. The molecule has 2 N–H and O–H groups in total. The van der Waals surface area contributed by atoms with Crippen molar-refractivity contribution in [3.8, 4) is 0 Å². The molecule has 0 aromatic carbocycles. The molecule has 100 valence electrons. The van der Waals surface area contributed by atoms with Gasteiger partial charge in [-0.25, -0.2) is 0 Å². The number of rotatable bonds is 2. The minimum atomic E-state index is 0.426. The third-order valence-electron chi connectivity index (χ3n) is 4.92. The summed E-state index contributed by atoms with van der Waals surface area (Å²) in [5.74, 6) is 0. The van der Waals surface area contributed by atoms with E-state index in [4.69, 9.17) is 5.73 Å². The third kappa shape index (κ3) is 1.88. The summed E-state index contributed by atoms with van der Waals surface area (Å²) in [6, 6.07) is 1.84. The molecule has 4 nitrogen and oxygen atoms in total. The molecule has 1 aromatic heterocycles. The van der Waals surface area contributed by atoms with Crippen molar-refractivity contribution in [3.05, 3.63) is 17.0 Å². The first-order valence-corrected chi connectivity index (χ1v) is 7.06. The molecule has 4 heteroatoms. The first kappa shape index (κ1) is 12.2. The second kappa shape index (κ2) is 4.35. The van der Waals surface area contributed by atoms with Crippen molar-refractivity contribution in [1.29, 1.82) is 0 Å². The maximum absolute atomic E-state index is 6.13. The summed E-state index contributed by atoms with van der Waals surface area (Å²) in [5, 5.41) is 4.53. The van der Waals surface area contributed by atoms with Gasteiger partial charge < -0.3 is 5.73 Å². The van der Waals surface area contributed by atoms with E-state index < -0.39 is 0 Å². The lowest BCUT2D eigenvalue weighted by atomic mass is 9.97. The summed E-state index contributed by atoms with van der Waals surface area (Å²) < 4.78 is 2.00. The highest BCUT2D eigenvalue weighted by atomic mass is 15.3. The van der Waals surface area contributed by atoms with E-state index in [1.54, 1.807) is 0 Å². The Morgan fingerprint density at radius 2 is 1.83 bits per heavy atom. The molecular formula is C14H24N4. The largest absolute Gasteiger partial charge is 0.328 e. The molecule has 3 heterocycles. The highest BCUT2D eigenvalue weighted by Gasteiger charge is 2.39. The Labute approximate surface area is 109 Å². The van der Waals surface area contributed by atoms with E-state index in [-0.39, 0.29) is 0 Å². The summed E-state index contributed by atoms with van der Waals surface area (Å²) in [7, 11) is 2.03. The first-order chi connectivity index (χ1) is 8.56. The van der Waals surface area contributed by atoms with Crippen LogP contribution in [0.2, 0.25) is 0 Å². The van der Waals surface area contributed by atoms with Gasteiger partial charge in [0.15, 0.2) is 0 Å². The highest BCUT2D eigenvalue weighted by Crippen LogP contribution is 2.36. The Bertz CT molecular complexity index is 437. The Balaban J connectivity index is 1.81. The molecule has 2 saturated heterocycles. The maximum atomic E-state index is 6.13. The fourth-order valence-electron chi connectivity index (χ4n) is 3.80. The van der Waals surface area contributed by atoms with Gasteiger partial charge in [-0.1, -0.05) is 0 Å². The zero-order valence-corrected chi connectivity index (χ0v) is 11.7. The van der Waals surface area contributed by atoms with Gasteiger partial charge in [0, 0.05) is 43.0 Å². The van der Waals surface area contributed by atoms with Crippen LogP contribution in [0.4, 0.5) is 0 Å². The van der Waals surface area contributed by atoms with Crippen LogP contribution >= 0.6 is 0 Å². The minimum Gasteiger partial charge on any atom is -0.328 e. The molecule has 3 rings (SSSR count). The van der Waals surface area contributed by atoms with Gasteiger partial charge in [-0.3, -0.25) is 9.58 Å². The van der Waals surface area contributed by atoms with Crippen molar-refractivity contribution >= 4 is 0 Å². The van der Waals surface area contributed by atoms with Crippen molar-refractivity contribution in [2.75, 3.05) is 0 Å². The molecule has 2 fully saturated rings. The van der Waals surface area contributed by atoms with Gasteiger partial charge in [0.1, 0.15) is 0 Å². The number of aryl methyl sites for hydroxylation is 2. The smallest absolute Gasteiger partial charge is 0.0641 e. The lowest BCUT2D eigenvalue weighted by molar-refractivity contribution is 0.119. The number of nitrogens with two attached hydrogens (primary N) is 1. The summed E-state index contributed by atoms with van der Waals surface area (Å²) in [6.45, 7) is 5.36. The van der Waals surface area contributed by atoms with Crippen molar-refractivity contribution < 1.29 is 0 Å². The van der Waals surface area contributed by atoms with Crippen LogP contribution in [0.15, 0.2) is 0 Å². The molecule has 2 unspecified atom stereocenters. The van der Waals surface area contributed by atoms with Gasteiger partial charge in [0.05, 0.1) is 5.69 Å². The normalized spacial score (nSPS) is 32.1. The molecule has 0 amide bonds. The van der Waals surface area contributed by atoms with Crippen LogP contribution in [0.3, 0.4) is 0 Å². The summed E-state index contributed by atoms with van der Waals surface area (Å²) in [4.78, 5) is 2.68. The van der Waals surface area contributed by atoms with Gasteiger partial charge >= 0.3 is 0 Å². The number of aromatic nitrogens is 2. The second-order valence-electron chi connectivity index (χ2n) is 6.06. The molecule has 18 heavy (non-hydrogen) atoms. The lowest BCUT2D eigenvalue weighted by Crippen LogP contribution is -2.46. The molecule has 0 radical (unpaired) electrons. The van der Waals surface area contributed by atoms with Crippen LogP contribution < -0.4 is 5.73 Å². The first-order valence-electron chi connectivity index (χ1n) is 7.06. The topological polar surface area (TPSA) is 47.1 Å². The SMILES string of the molecule is Cc1nn(C)c(C)c1CN1C2CCC1CC(N)C2. The highest BCUT2D eigenvalue weighted by molar-refractivity contribution is 5.24. The average Bonchev–Trinajstić information content (AvgIpc) is 2.68. The Morgan fingerprint density at radius 3 is 2.33 bits per heavy atom. The molecule has 2 atom stereocenters. The Morgan fingerprint density at radius 1 is 1.22 bits per heavy atom. The van der Waals surface area contributed by atoms with E-state index in [2.05, 4.69) is 23.8 Å². The Hall–Kier alpha value is -0.870. The van der Waals surface area contributed by atoms with Crippen molar-refractivity contribution in [2.45, 2.75) is 64.2 Å². The molecule has 0 spiro atoms. The number of nitrogens with zero attached hydrogens (tertiary/aromatic N) is 3. The molecular weight excluding hydrogens is 224 g/mol. The van der Waals surface area contributed by atoms with Gasteiger partial charge in [0.2, 0.25) is 0 Å². The third-order valence-corrected chi connectivity index (χ3v) is 4.92. The van der Waals surface area contributed by atoms with Crippen LogP contribution in [0.25, 0.3) is 0 Å². The number of hydrogen-bond donors (Lipinski definition) is 1. The monoisotopic (exact) mass is 248 g/mol. The molecule has 0 aliphatic carbocycles. The van der Waals surface area contributed by atoms with Crippen molar-refractivity contribution in [3.63, 3.8) is 0 Å². The summed E-state index contributed by atoms with van der Waals surface area (Å²) in [5.41, 5.74) is 10.0. The minimum absolute atomic E-state index is 0.426. The zero-order chi connectivity index (χ0) is 12.9. The van der Waals surface area contributed by atoms with Gasteiger partial charge in [-0.05, 0) is 39.5 Å². The average molecular weight is 248 g/mol. The van der Waals surface area contributed by atoms with Crippen molar-refractivity contribution in [1.82, 2.24) is 14.7 Å². The van der Waals surface area contributed by atoms with E-state index in [1.165, 1.54) is 42.6 Å². The predicted molar refractivity (Wildman–Crippen MR) is 72.2 cm³/mol. The van der Waals surface area contributed by atoms with Gasteiger partial charge in [-0.15, -0.1) is 0 Å². The van der Waals surface area contributed by atoms with Crippen LogP contribution in [-0.4, -0.2) is 32.8 Å². The maximum Gasteiger partial charge on any atom is 0.0641 e. The standard InChI is InChI=1S/C14H24N4/c1-9-14(10(2)17(3)16-9)8-18-12-4-5-13(18)7-11(15)6-12/h11-13H,4-8,15H2,1-3H3. The lowest BCUT2D eigenvalue weighted by Gasteiger charge is -2.37. The fourth-order valence-corrected chi connectivity index (χ4v) is 3.80. The van der Waals surface area contributed by atoms with E-state index in [9.17, 15) is 0 Å². The van der Waals surface area contributed by atoms with Crippen LogP contribution in [0.1, 0.15) is 42.6 Å². The molecule has 2 bridgehead atoms. The quantitative estimate of drug-likeness (QED) is 0.862. The van der Waals surface area contributed by atoms with Gasteiger partial charge in [-0.2, -0.15) is 5.10 Å². The van der Waals surface area contributed by atoms with Gasteiger partial charge in [0.25, 0.3) is 0 Å².